The van der Waals surface area contributed by atoms with Crippen LogP contribution in [0.5, 0.6) is 0 Å². The molecule has 6 unspecified atom stereocenters. The normalized spacial score (nSPS) is 29.6. The van der Waals surface area contributed by atoms with Crippen LogP contribution >= 0.6 is 11.8 Å². The first-order valence-electron chi connectivity index (χ1n) is 22.6. The summed E-state index contributed by atoms with van der Waals surface area (Å²) in [6, 6.07) is 50.2. The van der Waals surface area contributed by atoms with Crippen LogP contribution in [-0.4, -0.2) is 0 Å². The van der Waals surface area contributed by atoms with Crippen LogP contribution in [0.25, 0.3) is 22.3 Å². The quantitative estimate of drug-likeness (QED) is 0.175. The number of rotatable bonds is 4. The molecular formula is C57H55NS. The summed E-state index contributed by atoms with van der Waals surface area (Å²) >= 11 is 2.02. The zero-order valence-corrected chi connectivity index (χ0v) is 36.3. The third-order valence-corrected chi connectivity index (χ3v) is 19.0. The molecule has 59 heavy (non-hydrogen) atoms. The van der Waals surface area contributed by atoms with Crippen LogP contribution in [0.2, 0.25) is 0 Å². The van der Waals surface area contributed by atoms with Crippen molar-refractivity contribution in [3.63, 3.8) is 0 Å². The van der Waals surface area contributed by atoms with Crippen LogP contribution in [0, 0.1) is 29.1 Å². The van der Waals surface area contributed by atoms with Gasteiger partial charge in [-0.2, -0.15) is 0 Å². The molecule has 4 fully saturated rings. The summed E-state index contributed by atoms with van der Waals surface area (Å²) in [4.78, 5) is 5.51. The third-order valence-electron chi connectivity index (χ3n) is 17.9. The molecule has 0 saturated heterocycles. The Morgan fingerprint density at radius 3 is 1.93 bits per heavy atom. The number of hydrogen-bond donors (Lipinski definition) is 0. The van der Waals surface area contributed by atoms with Crippen molar-refractivity contribution in [2.75, 3.05) is 4.90 Å². The second-order valence-corrected chi connectivity index (χ2v) is 22.7. The molecule has 1 aliphatic heterocycles. The molecule has 294 valence electrons. The fourth-order valence-electron chi connectivity index (χ4n) is 15.1. The van der Waals surface area contributed by atoms with Crippen LogP contribution in [0.3, 0.4) is 0 Å². The highest BCUT2D eigenvalue weighted by Gasteiger charge is 2.84. The minimum absolute atomic E-state index is 0.0739. The van der Waals surface area contributed by atoms with Gasteiger partial charge in [0.1, 0.15) is 0 Å². The van der Waals surface area contributed by atoms with E-state index in [2.05, 4.69) is 174 Å². The number of fused-ring (bicyclic) bond motifs is 11. The molecule has 0 amide bonds. The maximum Gasteiger partial charge on any atom is 0.0473 e. The van der Waals surface area contributed by atoms with E-state index in [1.54, 1.807) is 11.1 Å². The molecule has 1 nitrogen and oxygen atoms in total. The summed E-state index contributed by atoms with van der Waals surface area (Å²) in [5, 5.41) is 0. The van der Waals surface area contributed by atoms with Crippen LogP contribution in [0.1, 0.15) is 113 Å². The molecule has 0 N–H and O–H groups in total. The highest BCUT2D eigenvalue weighted by molar-refractivity contribution is 7.99. The zero-order chi connectivity index (χ0) is 39.8. The van der Waals surface area contributed by atoms with E-state index in [0.717, 1.165) is 23.7 Å². The van der Waals surface area contributed by atoms with Crippen LogP contribution in [0.15, 0.2) is 137 Å². The summed E-state index contributed by atoms with van der Waals surface area (Å²) in [7, 11) is 0. The van der Waals surface area contributed by atoms with Gasteiger partial charge in [-0.05, 0) is 177 Å². The SMILES string of the molecule is CC1(C)CCC(C)(C)c2cc(-c3ccc(N(c4ccc5c(c4)Sc4ccccc4C54C5CC6CC7CC4C75C6)c4ccc5c(c4)C(C)(C)c4ccccc4-5)cc3)ccc21. The van der Waals surface area contributed by atoms with E-state index < -0.39 is 0 Å². The van der Waals surface area contributed by atoms with Gasteiger partial charge in [-0.3, -0.25) is 0 Å². The minimum Gasteiger partial charge on any atom is -0.310 e. The lowest BCUT2D eigenvalue weighted by molar-refractivity contribution is -0.235. The molecule has 0 radical (unpaired) electrons. The van der Waals surface area contributed by atoms with Crippen molar-refractivity contribution in [1.82, 2.24) is 0 Å². The van der Waals surface area contributed by atoms with Gasteiger partial charge < -0.3 is 4.90 Å². The Morgan fingerprint density at radius 2 is 1.12 bits per heavy atom. The summed E-state index contributed by atoms with van der Waals surface area (Å²) in [5.41, 5.74) is 19.3. The van der Waals surface area contributed by atoms with Crippen LogP contribution in [0.4, 0.5) is 17.1 Å². The monoisotopic (exact) mass is 785 g/mol. The van der Waals surface area contributed by atoms with Gasteiger partial charge >= 0.3 is 0 Å². The van der Waals surface area contributed by atoms with E-state index in [1.165, 1.54) is 110 Å². The minimum atomic E-state index is -0.0739. The van der Waals surface area contributed by atoms with E-state index in [4.69, 9.17) is 0 Å². The first-order valence-corrected chi connectivity index (χ1v) is 23.4. The number of hydrogen-bond acceptors (Lipinski definition) is 2. The molecule has 2 bridgehead atoms. The van der Waals surface area contributed by atoms with Crippen molar-refractivity contribution in [3.05, 3.63) is 161 Å². The average Bonchev–Trinajstić information content (AvgIpc) is 3.85. The van der Waals surface area contributed by atoms with Gasteiger partial charge in [-0.1, -0.05) is 138 Å². The van der Waals surface area contributed by atoms with Crippen molar-refractivity contribution in [3.8, 4) is 22.3 Å². The Kier molecular flexibility index (Phi) is 6.83. The Morgan fingerprint density at radius 1 is 0.492 bits per heavy atom. The highest BCUT2D eigenvalue weighted by Crippen LogP contribution is 2.89. The molecule has 4 saturated carbocycles. The Balaban J connectivity index is 0.948. The van der Waals surface area contributed by atoms with E-state index >= 15 is 0 Å². The first-order chi connectivity index (χ1) is 28.4. The molecule has 6 aromatic carbocycles. The van der Waals surface area contributed by atoms with Crippen molar-refractivity contribution in [2.45, 2.75) is 112 Å². The molecule has 6 aliphatic carbocycles. The maximum atomic E-state index is 2.59. The van der Waals surface area contributed by atoms with E-state index in [-0.39, 0.29) is 21.7 Å². The van der Waals surface area contributed by atoms with E-state index in [1.807, 2.05) is 11.8 Å². The molecule has 2 spiro atoms. The van der Waals surface area contributed by atoms with Gasteiger partial charge in [0, 0.05) is 37.7 Å². The van der Waals surface area contributed by atoms with Gasteiger partial charge in [-0.15, -0.1) is 0 Å². The molecule has 6 aromatic rings. The van der Waals surface area contributed by atoms with E-state index in [0.29, 0.717) is 5.41 Å². The molecule has 2 heteroatoms. The summed E-state index contributed by atoms with van der Waals surface area (Å²) in [6.45, 7) is 14.5. The smallest absolute Gasteiger partial charge is 0.0473 e. The molecule has 1 heterocycles. The number of anilines is 3. The van der Waals surface area contributed by atoms with Gasteiger partial charge in [0.05, 0.1) is 0 Å². The van der Waals surface area contributed by atoms with E-state index in [9.17, 15) is 0 Å². The van der Waals surface area contributed by atoms with Gasteiger partial charge in [0.25, 0.3) is 0 Å². The predicted octanol–water partition coefficient (Wildman–Crippen LogP) is 15.3. The molecular weight excluding hydrogens is 731 g/mol. The lowest BCUT2D eigenvalue weighted by Crippen LogP contribution is -2.74. The standard InChI is InChI=1S/C57H55NS/c1-53(2)25-26-54(3,4)48-29-36(17-23-44(48)53)35-15-18-38(19-16-35)58(39-20-22-42-41-11-7-8-12-43(41)55(5,6)47(42)31-39)40-21-24-46-50(32-40)59-49-14-10-9-13-45(49)57(46)51-28-34-27-37-30-52(57)56(37,51)33-34/h7-24,29,31-32,34,37,51-52H,25-28,30,33H2,1-6H3. The molecule has 7 aliphatic rings. The number of nitrogens with zero attached hydrogens (tertiary/aromatic N) is 1. The van der Waals surface area contributed by atoms with Crippen molar-refractivity contribution in [1.29, 1.82) is 0 Å². The topological polar surface area (TPSA) is 3.24 Å². The second-order valence-electron chi connectivity index (χ2n) is 21.7. The lowest BCUT2D eigenvalue weighted by atomic mass is 9.26. The largest absolute Gasteiger partial charge is 0.310 e. The second kappa shape index (κ2) is 11.4. The Hall–Kier alpha value is -4.53. The molecule has 13 rings (SSSR count). The van der Waals surface area contributed by atoms with Gasteiger partial charge in [0.2, 0.25) is 0 Å². The van der Waals surface area contributed by atoms with Crippen molar-refractivity contribution < 1.29 is 0 Å². The van der Waals surface area contributed by atoms with Crippen molar-refractivity contribution in [2.24, 2.45) is 29.1 Å². The zero-order valence-electron chi connectivity index (χ0n) is 35.5. The molecule has 6 atom stereocenters. The van der Waals surface area contributed by atoms with Gasteiger partial charge in [-0.25, -0.2) is 0 Å². The summed E-state index contributed by atoms with van der Waals surface area (Å²) in [5.74, 6) is 3.54. The van der Waals surface area contributed by atoms with Gasteiger partial charge in [0.15, 0.2) is 0 Å². The maximum absolute atomic E-state index is 2.59. The highest BCUT2D eigenvalue weighted by atomic mass is 32.2. The first kappa shape index (κ1) is 35.2. The number of benzene rings is 6. The van der Waals surface area contributed by atoms with Crippen molar-refractivity contribution >= 4 is 28.8 Å². The molecule has 0 aromatic heterocycles. The fraction of sp³-hybridized carbons (Fsp3) is 0.368. The third kappa shape index (κ3) is 4.35. The summed E-state index contributed by atoms with van der Waals surface area (Å²) < 4.78 is 0. The Bertz CT molecular complexity index is 2790. The predicted molar refractivity (Wildman–Crippen MR) is 246 cm³/mol. The fourth-order valence-corrected chi connectivity index (χ4v) is 16.3. The van der Waals surface area contributed by atoms with Crippen LogP contribution in [-0.2, 0) is 21.7 Å². The average molecular weight is 786 g/mol. The Labute approximate surface area is 355 Å². The lowest BCUT2D eigenvalue weighted by Gasteiger charge is -2.78. The summed E-state index contributed by atoms with van der Waals surface area (Å²) in [6.07, 6.45) is 8.32. The van der Waals surface area contributed by atoms with Crippen LogP contribution < -0.4 is 4.90 Å².